The van der Waals surface area contributed by atoms with Gasteiger partial charge in [0.15, 0.2) is 0 Å². The van der Waals surface area contributed by atoms with Crippen LogP contribution in [0.3, 0.4) is 0 Å². The summed E-state index contributed by atoms with van der Waals surface area (Å²) in [5.74, 6) is 4.73. The van der Waals surface area contributed by atoms with Crippen LogP contribution in [0.2, 0.25) is 0 Å². The second kappa shape index (κ2) is 7.24. The van der Waals surface area contributed by atoms with Gasteiger partial charge < -0.3 is 10.1 Å². The molecule has 1 N–H and O–H groups in total. The molecule has 118 valence electrons. The van der Waals surface area contributed by atoms with Crippen molar-refractivity contribution in [1.82, 2.24) is 0 Å². The minimum Gasteiger partial charge on any atom is -0.457 e. The van der Waals surface area contributed by atoms with E-state index in [4.69, 9.17) is 11.2 Å². The third kappa shape index (κ3) is 4.07. The first-order chi connectivity index (χ1) is 11.3. The number of hydrogen-bond donors (Lipinski definition) is 1. The Bertz CT molecular complexity index is 648. The monoisotopic (exact) mass is 305 g/mol. The first-order valence-electron chi connectivity index (χ1n) is 8.34. The third-order valence-corrected chi connectivity index (χ3v) is 4.58. The van der Waals surface area contributed by atoms with Crippen LogP contribution >= 0.6 is 0 Å². The van der Waals surface area contributed by atoms with Gasteiger partial charge in [-0.3, -0.25) is 0 Å². The van der Waals surface area contributed by atoms with Crippen LogP contribution in [0.4, 0.5) is 5.69 Å². The fourth-order valence-electron chi connectivity index (χ4n) is 3.14. The van der Waals surface area contributed by atoms with Gasteiger partial charge in [0, 0.05) is 17.6 Å². The number of anilines is 1. The van der Waals surface area contributed by atoms with Crippen molar-refractivity contribution in [2.75, 3.05) is 11.9 Å². The zero-order chi connectivity index (χ0) is 16.0. The molecule has 1 fully saturated rings. The highest BCUT2D eigenvalue weighted by Crippen LogP contribution is 2.36. The average Bonchev–Trinajstić information content (AvgIpc) is 2.63. The Balaban J connectivity index is 1.58. The van der Waals surface area contributed by atoms with Crippen LogP contribution in [0.5, 0.6) is 11.5 Å². The smallest absolute Gasteiger partial charge is 0.127 e. The summed E-state index contributed by atoms with van der Waals surface area (Å²) in [6, 6.07) is 17.9. The van der Waals surface area contributed by atoms with Gasteiger partial charge in [0.25, 0.3) is 0 Å². The van der Waals surface area contributed by atoms with Gasteiger partial charge in [0.1, 0.15) is 11.5 Å². The number of rotatable bonds is 5. The number of ether oxygens (including phenoxy) is 1. The molecule has 2 aromatic rings. The molecular formula is C21H23NO. The molecule has 0 saturated heterocycles. The number of hydrogen-bond acceptors (Lipinski definition) is 2. The van der Waals surface area contributed by atoms with E-state index < -0.39 is 0 Å². The molecule has 0 heterocycles. The predicted molar refractivity (Wildman–Crippen MR) is 95.8 cm³/mol. The van der Waals surface area contributed by atoms with Crippen LogP contribution in [0.15, 0.2) is 54.6 Å². The summed E-state index contributed by atoms with van der Waals surface area (Å²) in [6.45, 7) is 0.850. The molecule has 0 aliphatic heterocycles. The molecule has 0 unspecified atom stereocenters. The fourth-order valence-corrected chi connectivity index (χ4v) is 3.14. The molecule has 0 bridgehead atoms. The average molecular weight is 305 g/mol. The maximum absolute atomic E-state index is 5.81. The minimum absolute atomic E-state index is 0.0253. The van der Waals surface area contributed by atoms with Crippen molar-refractivity contribution >= 4 is 5.69 Å². The van der Waals surface area contributed by atoms with Crippen LogP contribution in [-0.2, 0) is 0 Å². The Morgan fingerprint density at radius 3 is 2.22 bits per heavy atom. The third-order valence-electron chi connectivity index (χ3n) is 4.58. The fraction of sp³-hybridized carbons (Fsp3) is 0.333. The Hall–Kier alpha value is -2.40. The first-order valence-corrected chi connectivity index (χ1v) is 8.34. The summed E-state index contributed by atoms with van der Waals surface area (Å²) in [5, 5.41) is 3.50. The predicted octanol–water partition coefficient (Wildman–Crippen LogP) is 5.47. The van der Waals surface area contributed by atoms with Gasteiger partial charge in [-0.2, -0.15) is 0 Å². The van der Waals surface area contributed by atoms with E-state index in [0.717, 1.165) is 36.6 Å². The van der Waals surface area contributed by atoms with Gasteiger partial charge in [-0.25, -0.2) is 0 Å². The van der Waals surface area contributed by atoms with E-state index in [2.05, 4.69) is 11.2 Å². The van der Waals surface area contributed by atoms with Gasteiger partial charge in [-0.1, -0.05) is 43.4 Å². The molecule has 1 saturated carbocycles. The lowest BCUT2D eigenvalue weighted by Gasteiger charge is -2.32. The van der Waals surface area contributed by atoms with E-state index in [1.54, 1.807) is 0 Å². The Labute approximate surface area is 138 Å². The number of terminal acetylenes is 1. The highest BCUT2D eigenvalue weighted by atomic mass is 16.5. The van der Waals surface area contributed by atoms with Crippen molar-refractivity contribution in [3.8, 4) is 23.8 Å². The normalized spacial score (nSPS) is 16.3. The van der Waals surface area contributed by atoms with Crippen molar-refractivity contribution in [3.05, 3.63) is 54.6 Å². The molecule has 23 heavy (non-hydrogen) atoms. The van der Waals surface area contributed by atoms with Crippen LogP contribution in [0, 0.1) is 17.8 Å². The molecule has 0 amide bonds. The molecule has 2 heteroatoms. The molecular weight excluding hydrogens is 282 g/mol. The maximum atomic E-state index is 5.81. The zero-order valence-corrected chi connectivity index (χ0v) is 13.4. The second-order valence-electron chi connectivity index (χ2n) is 6.28. The van der Waals surface area contributed by atoms with Crippen LogP contribution in [0.1, 0.15) is 32.1 Å². The van der Waals surface area contributed by atoms with E-state index in [-0.39, 0.29) is 5.41 Å². The lowest BCUT2D eigenvalue weighted by Crippen LogP contribution is -2.30. The summed E-state index contributed by atoms with van der Waals surface area (Å²) >= 11 is 0. The number of benzene rings is 2. The van der Waals surface area contributed by atoms with Crippen molar-refractivity contribution in [2.45, 2.75) is 32.1 Å². The lowest BCUT2D eigenvalue weighted by molar-refractivity contribution is 0.288. The Morgan fingerprint density at radius 1 is 0.913 bits per heavy atom. The molecule has 0 aromatic heterocycles. The van der Waals surface area contributed by atoms with E-state index in [1.165, 1.54) is 19.3 Å². The van der Waals surface area contributed by atoms with Crippen LogP contribution in [-0.4, -0.2) is 6.54 Å². The zero-order valence-electron chi connectivity index (χ0n) is 13.4. The standard InChI is InChI=1S/C21H23NO/c1-2-21(15-7-4-8-16-21)17-22-18-11-13-20(14-12-18)23-19-9-5-3-6-10-19/h1,3,5-6,9-14,22H,4,7-8,15-17H2. The van der Waals surface area contributed by atoms with E-state index in [1.807, 2.05) is 54.6 Å². The topological polar surface area (TPSA) is 21.3 Å². The Kier molecular flexibility index (Phi) is 4.88. The summed E-state index contributed by atoms with van der Waals surface area (Å²) in [4.78, 5) is 0. The van der Waals surface area contributed by atoms with Crippen molar-refractivity contribution in [1.29, 1.82) is 0 Å². The molecule has 0 radical (unpaired) electrons. The van der Waals surface area contributed by atoms with E-state index in [0.29, 0.717) is 0 Å². The number of para-hydroxylation sites is 1. The summed E-state index contributed by atoms with van der Waals surface area (Å²) in [6.07, 6.45) is 11.9. The summed E-state index contributed by atoms with van der Waals surface area (Å²) < 4.78 is 5.81. The van der Waals surface area contributed by atoms with Gasteiger partial charge in [0.2, 0.25) is 0 Å². The molecule has 2 aromatic carbocycles. The van der Waals surface area contributed by atoms with E-state index >= 15 is 0 Å². The molecule has 1 aliphatic rings. The van der Waals surface area contributed by atoms with Crippen molar-refractivity contribution < 1.29 is 4.74 Å². The molecule has 0 atom stereocenters. The number of nitrogens with one attached hydrogen (secondary N) is 1. The SMILES string of the molecule is C#CC1(CNc2ccc(Oc3ccccc3)cc2)CCCCC1. The van der Waals surface area contributed by atoms with Gasteiger partial charge >= 0.3 is 0 Å². The maximum Gasteiger partial charge on any atom is 0.127 e. The van der Waals surface area contributed by atoms with Crippen molar-refractivity contribution in [3.63, 3.8) is 0 Å². The minimum atomic E-state index is 0.0253. The summed E-state index contributed by atoms with van der Waals surface area (Å²) in [7, 11) is 0. The summed E-state index contributed by atoms with van der Waals surface area (Å²) in [5.41, 5.74) is 1.11. The Morgan fingerprint density at radius 2 is 1.57 bits per heavy atom. The van der Waals surface area contributed by atoms with E-state index in [9.17, 15) is 0 Å². The highest BCUT2D eigenvalue weighted by Gasteiger charge is 2.29. The molecule has 1 aliphatic carbocycles. The van der Waals surface area contributed by atoms with Crippen molar-refractivity contribution in [2.24, 2.45) is 5.41 Å². The van der Waals surface area contributed by atoms with Gasteiger partial charge in [-0.05, 0) is 49.2 Å². The molecule has 3 rings (SSSR count). The van der Waals surface area contributed by atoms with Gasteiger partial charge in [0.05, 0.1) is 0 Å². The highest BCUT2D eigenvalue weighted by molar-refractivity contribution is 5.47. The first kappa shape index (κ1) is 15.5. The molecule has 0 spiro atoms. The second-order valence-corrected chi connectivity index (χ2v) is 6.28. The lowest BCUT2D eigenvalue weighted by atomic mass is 9.74. The molecule has 2 nitrogen and oxygen atoms in total. The van der Waals surface area contributed by atoms with Crippen LogP contribution < -0.4 is 10.1 Å². The largest absolute Gasteiger partial charge is 0.457 e. The van der Waals surface area contributed by atoms with Crippen LogP contribution in [0.25, 0.3) is 0 Å². The van der Waals surface area contributed by atoms with Gasteiger partial charge in [-0.15, -0.1) is 6.42 Å². The quantitative estimate of drug-likeness (QED) is 0.739.